The van der Waals surface area contributed by atoms with Crippen molar-refractivity contribution in [3.8, 4) is 23.0 Å². The molecule has 0 N–H and O–H groups in total. The highest BCUT2D eigenvalue weighted by Crippen LogP contribution is 2.42. The third-order valence-electron chi connectivity index (χ3n) is 4.50. The molecule has 1 fully saturated rings. The van der Waals surface area contributed by atoms with E-state index in [1.807, 2.05) is 48.2 Å². The lowest BCUT2D eigenvalue weighted by Gasteiger charge is -2.25. The zero-order chi connectivity index (χ0) is 20.1. The van der Waals surface area contributed by atoms with E-state index in [1.54, 1.807) is 33.1 Å². The molecule has 6 nitrogen and oxygen atoms in total. The molecule has 0 radical (unpaired) electrons. The number of carbonyl (C=O) groups excluding carboxylic acids is 1. The number of benzene rings is 2. The number of nitrogens with zero attached hydrogens (tertiary/aromatic N) is 1. The van der Waals surface area contributed by atoms with Crippen molar-refractivity contribution in [3.63, 3.8) is 0 Å². The lowest BCUT2D eigenvalue weighted by Crippen LogP contribution is -2.27. The molecule has 1 aliphatic heterocycles. The van der Waals surface area contributed by atoms with Crippen LogP contribution in [-0.2, 0) is 11.3 Å². The molecule has 28 heavy (non-hydrogen) atoms. The lowest BCUT2D eigenvalue weighted by atomic mass is 10.1. The van der Waals surface area contributed by atoms with Gasteiger partial charge in [-0.1, -0.05) is 6.07 Å². The minimum Gasteiger partial charge on any atom is -0.497 e. The van der Waals surface area contributed by atoms with Crippen LogP contribution in [0.4, 0.5) is 0 Å². The van der Waals surface area contributed by atoms with Crippen LogP contribution in [0, 0.1) is 0 Å². The highest BCUT2D eigenvalue weighted by molar-refractivity contribution is 8.00. The van der Waals surface area contributed by atoms with Gasteiger partial charge in [0.15, 0.2) is 11.5 Å². The van der Waals surface area contributed by atoms with Crippen LogP contribution in [0.25, 0.3) is 0 Å². The summed E-state index contributed by atoms with van der Waals surface area (Å²) < 4.78 is 21.8. The molecule has 0 spiro atoms. The molecule has 1 atom stereocenters. The Balaban J connectivity index is 1.89. The standard InChI is InChI=1S/C21H25NO5S/c1-5-27-19-10-15(6-7-18(19)26-4)21-22(20(23)13-28-21)12-14-8-16(24-2)11-17(9-14)25-3/h6-11,21H,5,12-13H2,1-4H3. The van der Waals surface area contributed by atoms with E-state index in [4.69, 9.17) is 18.9 Å². The van der Waals surface area contributed by atoms with Gasteiger partial charge < -0.3 is 23.8 Å². The molecule has 1 aliphatic rings. The first kappa shape index (κ1) is 20.2. The third kappa shape index (κ3) is 4.30. The summed E-state index contributed by atoms with van der Waals surface area (Å²) in [5.74, 6) is 3.32. The normalized spacial score (nSPS) is 16.2. The summed E-state index contributed by atoms with van der Waals surface area (Å²) in [5.41, 5.74) is 1.96. The summed E-state index contributed by atoms with van der Waals surface area (Å²) in [7, 11) is 4.85. The summed E-state index contributed by atoms with van der Waals surface area (Å²) in [6, 6.07) is 11.5. The number of thioether (sulfide) groups is 1. The van der Waals surface area contributed by atoms with Crippen molar-refractivity contribution < 1.29 is 23.7 Å². The van der Waals surface area contributed by atoms with Gasteiger partial charge in [0, 0.05) is 12.6 Å². The molecule has 1 unspecified atom stereocenters. The predicted octanol–water partition coefficient (Wildman–Crippen LogP) is 3.89. The second-order valence-corrected chi connectivity index (χ2v) is 7.32. The molecule has 0 aromatic heterocycles. The quantitative estimate of drug-likeness (QED) is 0.667. The van der Waals surface area contributed by atoms with Gasteiger partial charge in [-0.05, 0) is 42.3 Å². The summed E-state index contributed by atoms with van der Waals surface area (Å²) in [6.45, 7) is 2.95. The average molecular weight is 404 g/mol. The molecule has 0 aliphatic carbocycles. The molecule has 2 aromatic rings. The van der Waals surface area contributed by atoms with E-state index in [1.165, 1.54) is 0 Å². The van der Waals surface area contributed by atoms with Crippen LogP contribution in [-0.4, -0.2) is 44.5 Å². The lowest BCUT2D eigenvalue weighted by molar-refractivity contribution is -0.128. The van der Waals surface area contributed by atoms with Crippen LogP contribution >= 0.6 is 11.8 Å². The van der Waals surface area contributed by atoms with Crippen LogP contribution in [0.15, 0.2) is 36.4 Å². The van der Waals surface area contributed by atoms with Crippen molar-refractivity contribution in [2.45, 2.75) is 18.8 Å². The van der Waals surface area contributed by atoms with Gasteiger partial charge >= 0.3 is 0 Å². The van der Waals surface area contributed by atoms with Crippen LogP contribution in [0.2, 0.25) is 0 Å². The minimum atomic E-state index is -0.0881. The Bertz CT molecular complexity index is 819. The fraction of sp³-hybridized carbons (Fsp3) is 0.381. The van der Waals surface area contributed by atoms with Crippen molar-refractivity contribution in [1.29, 1.82) is 0 Å². The van der Waals surface area contributed by atoms with E-state index >= 15 is 0 Å². The van der Waals surface area contributed by atoms with Gasteiger partial charge in [-0.3, -0.25) is 4.79 Å². The van der Waals surface area contributed by atoms with Crippen molar-refractivity contribution in [2.24, 2.45) is 0 Å². The molecule has 0 saturated carbocycles. The first-order valence-corrected chi connectivity index (χ1v) is 10.1. The summed E-state index contributed by atoms with van der Waals surface area (Å²) in [6.07, 6.45) is 0. The molecule has 3 rings (SSSR count). The zero-order valence-electron chi connectivity index (χ0n) is 16.6. The summed E-state index contributed by atoms with van der Waals surface area (Å²) in [4.78, 5) is 14.5. The second kappa shape index (κ2) is 9.10. The highest BCUT2D eigenvalue weighted by atomic mass is 32.2. The van der Waals surface area contributed by atoms with Crippen molar-refractivity contribution in [2.75, 3.05) is 33.7 Å². The third-order valence-corrected chi connectivity index (χ3v) is 5.76. The number of carbonyl (C=O) groups is 1. The fourth-order valence-electron chi connectivity index (χ4n) is 3.17. The summed E-state index contributed by atoms with van der Waals surface area (Å²) >= 11 is 1.61. The van der Waals surface area contributed by atoms with Gasteiger partial charge in [0.25, 0.3) is 0 Å². The van der Waals surface area contributed by atoms with Gasteiger partial charge in [0.05, 0.1) is 33.7 Å². The Labute approximate surface area is 169 Å². The first-order chi connectivity index (χ1) is 13.6. The van der Waals surface area contributed by atoms with Gasteiger partial charge in [0.2, 0.25) is 5.91 Å². The Hall–Kier alpha value is -2.54. The van der Waals surface area contributed by atoms with E-state index in [9.17, 15) is 4.79 Å². The van der Waals surface area contributed by atoms with Gasteiger partial charge in [-0.2, -0.15) is 0 Å². The number of methoxy groups -OCH3 is 3. The van der Waals surface area contributed by atoms with E-state index in [0.717, 1.165) is 11.1 Å². The van der Waals surface area contributed by atoms with E-state index < -0.39 is 0 Å². The molecule has 1 amide bonds. The number of ether oxygens (including phenoxy) is 4. The average Bonchev–Trinajstić information content (AvgIpc) is 3.08. The molecule has 7 heteroatoms. The maximum Gasteiger partial charge on any atom is 0.234 e. The van der Waals surface area contributed by atoms with Crippen LogP contribution in [0.1, 0.15) is 23.4 Å². The van der Waals surface area contributed by atoms with Crippen LogP contribution < -0.4 is 18.9 Å². The van der Waals surface area contributed by atoms with Crippen molar-refractivity contribution in [3.05, 3.63) is 47.5 Å². The van der Waals surface area contributed by atoms with Crippen LogP contribution in [0.3, 0.4) is 0 Å². The smallest absolute Gasteiger partial charge is 0.234 e. The number of rotatable bonds is 8. The van der Waals surface area contributed by atoms with Crippen molar-refractivity contribution >= 4 is 17.7 Å². The summed E-state index contributed by atoms with van der Waals surface area (Å²) in [5, 5.41) is -0.0881. The van der Waals surface area contributed by atoms with Gasteiger partial charge in [-0.25, -0.2) is 0 Å². The molecule has 1 saturated heterocycles. The maximum atomic E-state index is 12.6. The topological polar surface area (TPSA) is 57.2 Å². The zero-order valence-corrected chi connectivity index (χ0v) is 17.4. The largest absolute Gasteiger partial charge is 0.497 e. The number of amides is 1. The molecular formula is C21H25NO5S. The Kier molecular flexibility index (Phi) is 6.57. The molecule has 1 heterocycles. The predicted molar refractivity (Wildman–Crippen MR) is 109 cm³/mol. The molecule has 150 valence electrons. The van der Waals surface area contributed by atoms with Crippen LogP contribution in [0.5, 0.6) is 23.0 Å². The Morgan fingerprint density at radius 1 is 1.00 bits per heavy atom. The Morgan fingerprint density at radius 3 is 2.32 bits per heavy atom. The second-order valence-electron chi connectivity index (χ2n) is 6.25. The van der Waals surface area contributed by atoms with E-state index in [0.29, 0.717) is 41.9 Å². The highest BCUT2D eigenvalue weighted by Gasteiger charge is 2.33. The minimum absolute atomic E-state index is 0.0881. The Morgan fingerprint density at radius 2 is 1.71 bits per heavy atom. The monoisotopic (exact) mass is 403 g/mol. The van der Waals surface area contributed by atoms with Gasteiger partial charge in [-0.15, -0.1) is 11.8 Å². The first-order valence-electron chi connectivity index (χ1n) is 9.03. The number of hydrogen-bond acceptors (Lipinski definition) is 6. The fourth-order valence-corrected chi connectivity index (χ4v) is 4.35. The number of hydrogen-bond donors (Lipinski definition) is 0. The molecule has 2 aromatic carbocycles. The molecular weight excluding hydrogens is 378 g/mol. The van der Waals surface area contributed by atoms with E-state index in [-0.39, 0.29) is 11.3 Å². The SMILES string of the molecule is CCOc1cc(C2SCC(=O)N2Cc2cc(OC)cc(OC)c2)ccc1OC. The maximum absolute atomic E-state index is 12.6. The van der Waals surface area contributed by atoms with Gasteiger partial charge in [0.1, 0.15) is 16.9 Å². The van der Waals surface area contributed by atoms with Crippen molar-refractivity contribution in [1.82, 2.24) is 4.90 Å². The van der Waals surface area contributed by atoms with E-state index in [2.05, 4.69) is 0 Å². The molecule has 0 bridgehead atoms.